The summed E-state index contributed by atoms with van der Waals surface area (Å²) in [5, 5.41) is 13.3. The molecular formula is C26H29FN6O5S. The minimum absolute atomic E-state index is 0.0951. The first-order chi connectivity index (χ1) is 18.7. The van der Waals surface area contributed by atoms with Gasteiger partial charge < -0.3 is 14.8 Å². The number of nitrogens with one attached hydrogen (secondary N) is 2. The van der Waals surface area contributed by atoms with Gasteiger partial charge >= 0.3 is 10.2 Å². The molecule has 0 radical (unpaired) electrons. The Balaban J connectivity index is 1.46. The molecule has 2 aliphatic rings. The number of anilines is 1. The van der Waals surface area contributed by atoms with Gasteiger partial charge in [-0.05, 0) is 62.7 Å². The quantitative estimate of drug-likeness (QED) is 0.453. The van der Waals surface area contributed by atoms with Gasteiger partial charge in [0, 0.05) is 13.6 Å². The van der Waals surface area contributed by atoms with E-state index in [4.69, 9.17) is 9.47 Å². The van der Waals surface area contributed by atoms with Crippen molar-refractivity contribution in [2.45, 2.75) is 37.8 Å². The standard InChI is InChI=1S/C26H29FN6O5S/c1-3-32(2)39(35,36)31-23-7-5-21(27)24(20(23)14-28)38-18-4-6-22-19(12-18)25(34)33(16-30-22)17-13-26(37-15-17)8-10-29-11-9-26/h4-7,12,16-17,29,31H,3,8-11,13,15H2,1-2H3/t17-/m1/s1. The minimum Gasteiger partial charge on any atom is -0.453 e. The molecule has 0 amide bonds. The van der Waals surface area contributed by atoms with Crippen LogP contribution in [0.25, 0.3) is 10.9 Å². The fourth-order valence-electron chi connectivity index (χ4n) is 5.03. The molecule has 2 aromatic carbocycles. The predicted molar refractivity (Wildman–Crippen MR) is 142 cm³/mol. The summed E-state index contributed by atoms with van der Waals surface area (Å²) < 4.78 is 56.6. The summed E-state index contributed by atoms with van der Waals surface area (Å²) in [7, 11) is -2.60. The van der Waals surface area contributed by atoms with E-state index in [1.165, 1.54) is 25.5 Å². The molecule has 2 fully saturated rings. The van der Waals surface area contributed by atoms with Crippen molar-refractivity contribution in [3.63, 3.8) is 0 Å². The van der Waals surface area contributed by atoms with E-state index < -0.39 is 21.8 Å². The van der Waals surface area contributed by atoms with Gasteiger partial charge in [0.25, 0.3) is 5.56 Å². The summed E-state index contributed by atoms with van der Waals surface area (Å²) in [6.45, 7) is 4.00. The predicted octanol–water partition coefficient (Wildman–Crippen LogP) is 2.89. The van der Waals surface area contributed by atoms with Crippen LogP contribution in [0.2, 0.25) is 0 Å². The molecule has 13 heteroatoms. The number of benzene rings is 2. The number of fused-ring (bicyclic) bond motifs is 1. The maximum absolute atomic E-state index is 14.8. The smallest absolute Gasteiger partial charge is 0.301 e. The summed E-state index contributed by atoms with van der Waals surface area (Å²) in [5.74, 6) is -1.23. The van der Waals surface area contributed by atoms with E-state index in [-0.39, 0.29) is 46.1 Å². The second kappa shape index (κ2) is 10.5. The van der Waals surface area contributed by atoms with Gasteiger partial charge in [-0.25, -0.2) is 9.37 Å². The van der Waals surface area contributed by atoms with Crippen LogP contribution in [-0.2, 0) is 14.9 Å². The second-order valence-corrected chi connectivity index (χ2v) is 11.5. The number of aromatic nitrogens is 2. The Morgan fingerprint density at radius 1 is 1.33 bits per heavy atom. The molecule has 0 bridgehead atoms. The molecule has 0 unspecified atom stereocenters. The lowest BCUT2D eigenvalue weighted by Crippen LogP contribution is -2.41. The van der Waals surface area contributed by atoms with Gasteiger partial charge in [0.2, 0.25) is 0 Å². The van der Waals surface area contributed by atoms with Crippen LogP contribution in [0.5, 0.6) is 11.5 Å². The van der Waals surface area contributed by atoms with Crippen LogP contribution in [0, 0.1) is 17.1 Å². The summed E-state index contributed by atoms with van der Waals surface area (Å²) in [6, 6.07) is 8.34. The van der Waals surface area contributed by atoms with Crippen LogP contribution >= 0.6 is 0 Å². The normalized spacial score (nSPS) is 18.9. The summed E-state index contributed by atoms with van der Waals surface area (Å²) >= 11 is 0. The highest BCUT2D eigenvalue weighted by atomic mass is 32.2. The van der Waals surface area contributed by atoms with Crippen molar-refractivity contribution in [3.05, 3.63) is 58.4 Å². The van der Waals surface area contributed by atoms with E-state index in [9.17, 15) is 22.9 Å². The van der Waals surface area contributed by atoms with E-state index in [0.29, 0.717) is 18.5 Å². The first-order valence-corrected chi connectivity index (χ1v) is 14.1. The third kappa shape index (κ3) is 5.20. The zero-order valence-corrected chi connectivity index (χ0v) is 22.4. The maximum atomic E-state index is 14.8. The van der Waals surface area contributed by atoms with E-state index in [1.807, 2.05) is 6.07 Å². The van der Waals surface area contributed by atoms with E-state index in [0.717, 1.165) is 42.4 Å². The van der Waals surface area contributed by atoms with Crippen LogP contribution in [0.4, 0.5) is 10.1 Å². The Labute approximate surface area is 225 Å². The van der Waals surface area contributed by atoms with Crippen molar-refractivity contribution >= 4 is 26.8 Å². The molecule has 11 nitrogen and oxygen atoms in total. The molecule has 3 heterocycles. The van der Waals surface area contributed by atoms with Gasteiger partial charge in [-0.1, -0.05) is 6.92 Å². The van der Waals surface area contributed by atoms with Crippen molar-refractivity contribution in [1.29, 1.82) is 5.26 Å². The molecule has 0 saturated carbocycles. The van der Waals surface area contributed by atoms with E-state index in [2.05, 4.69) is 15.0 Å². The number of piperidine rings is 1. The lowest BCUT2D eigenvalue weighted by molar-refractivity contribution is -0.0196. The van der Waals surface area contributed by atoms with Gasteiger partial charge in [-0.3, -0.25) is 14.1 Å². The molecule has 2 saturated heterocycles. The lowest BCUT2D eigenvalue weighted by Gasteiger charge is -2.32. The number of halogens is 1. The zero-order valence-electron chi connectivity index (χ0n) is 21.6. The highest BCUT2D eigenvalue weighted by Crippen LogP contribution is 2.39. The third-order valence-corrected chi connectivity index (χ3v) is 8.94. The van der Waals surface area contributed by atoms with Crippen molar-refractivity contribution in [2.75, 3.05) is 38.0 Å². The molecule has 2 N–H and O–H groups in total. The molecule has 1 atom stereocenters. The van der Waals surface area contributed by atoms with Crippen molar-refractivity contribution in [2.24, 2.45) is 0 Å². The third-order valence-electron chi connectivity index (χ3n) is 7.39. The maximum Gasteiger partial charge on any atom is 0.301 e. The lowest BCUT2D eigenvalue weighted by atomic mass is 9.88. The van der Waals surface area contributed by atoms with Crippen molar-refractivity contribution in [1.82, 2.24) is 19.2 Å². The Morgan fingerprint density at radius 2 is 2.10 bits per heavy atom. The van der Waals surface area contributed by atoms with Gasteiger partial charge in [0.15, 0.2) is 11.6 Å². The first-order valence-electron chi connectivity index (χ1n) is 12.7. The number of hydrogen-bond donors (Lipinski definition) is 2. The van der Waals surface area contributed by atoms with Crippen molar-refractivity contribution < 1.29 is 22.3 Å². The molecule has 1 aromatic heterocycles. The highest BCUT2D eigenvalue weighted by Gasteiger charge is 2.42. The van der Waals surface area contributed by atoms with Crippen LogP contribution in [0.1, 0.15) is 37.8 Å². The minimum atomic E-state index is -3.97. The zero-order chi connectivity index (χ0) is 27.8. The fourth-order valence-corrected chi connectivity index (χ4v) is 5.97. The Morgan fingerprint density at radius 3 is 2.82 bits per heavy atom. The fraction of sp³-hybridized carbons (Fsp3) is 0.423. The van der Waals surface area contributed by atoms with Crippen LogP contribution < -0.4 is 20.3 Å². The average Bonchev–Trinajstić information content (AvgIpc) is 3.33. The van der Waals surface area contributed by atoms with E-state index in [1.54, 1.807) is 17.6 Å². The number of rotatable bonds is 7. The summed E-state index contributed by atoms with van der Waals surface area (Å²) in [6.07, 6.45) is 4.00. The Kier molecular flexibility index (Phi) is 7.30. The molecule has 206 valence electrons. The second-order valence-electron chi connectivity index (χ2n) is 9.77. The molecule has 1 spiro atoms. The molecule has 3 aromatic rings. The molecule has 5 rings (SSSR count). The summed E-state index contributed by atoms with van der Waals surface area (Å²) in [5.41, 5.74) is -0.549. The van der Waals surface area contributed by atoms with Crippen LogP contribution in [-0.4, -0.2) is 61.2 Å². The van der Waals surface area contributed by atoms with E-state index >= 15 is 0 Å². The highest BCUT2D eigenvalue weighted by molar-refractivity contribution is 7.90. The Bertz CT molecular complexity index is 1610. The Hall–Kier alpha value is -3.57. The average molecular weight is 557 g/mol. The molecular weight excluding hydrogens is 527 g/mol. The molecule has 2 aliphatic heterocycles. The topological polar surface area (TPSA) is 139 Å². The molecule has 0 aliphatic carbocycles. The van der Waals surface area contributed by atoms with Crippen molar-refractivity contribution in [3.8, 4) is 17.6 Å². The van der Waals surface area contributed by atoms with Gasteiger partial charge in [-0.2, -0.15) is 18.0 Å². The number of hydrogen-bond acceptors (Lipinski definition) is 8. The van der Waals surface area contributed by atoms with Gasteiger partial charge in [0.05, 0.1) is 41.2 Å². The van der Waals surface area contributed by atoms with Crippen LogP contribution in [0.15, 0.2) is 41.5 Å². The van der Waals surface area contributed by atoms with Crippen LogP contribution in [0.3, 0.4) is 0 Å². The number of nitriles is 1. The first kappa shape index (κ1) is 27.0. The number of ether oxygens (including phenoxy) is 2. The molecule has 39 heavy (non-hydrogen) atoms. The largest absolute Gasteiger partial charge is 0.453 e. The SMILES string of the molecule is CCN(C)S(=O)(=O)Nc1ccc(F)c(Oc2ccc3ncn([C@H]4COC5(CCNCC5)C4)c(=O)c3c2)c1C#N. The summed E-state index contributed by atoms with van der Waals surface area (Å²) in [4.78, 5) is 17.9. The van der Waals surface area contributed by atoms with Gasteiger partial charge in [-0.15, -0.1) is 0 Å². The van der Waals surface area contributed by atoms with Gasteiger partial charge in [0.1, 0.15) is 17.4 Å². The number of nitrogens with zero attached hydrogens (tertiary/aromatic N) is 4. The monoisotopic (exact) mass is 556 g/mol.